The van der Waals surface area contributed by atoms with Crippen molar-refractivity contribution in [2.75, 3.05) is 17.7 Å². The first-order chi connectivity index (χ1) is 20.0. The van der Waals surface area contributed by atoms with E-state index in [-0.39, 0.29) is 4.91 Å². The van der Waals surface area contributed by atoms with Gasteiger partial charge in [-0.15, -0.1) is 0 Å². The van der Waals surface area contributed by atoms with E-state index < -0.39 is 10.1 Å². The average molecular weight is 580 g/mol. The molecule has 216 valence electrons. The highest BCUT2D eigenvalue weighted by Gasteiger charge is 2.02. The number of hydrogen-bond donors (Lipinski definition) is 2. The molecule has 0 saturated heterocycles. The Kier molecular flexibility index (Phi) is 11.5. The summed E-state index contributed by atoms with van der Waals surface area (Å²) < 4.78 is 31.6. The quantitative estimate of drug-likeness (QED) is 0.159. The number of nitrogens with zero attached hydrogens (tertiary/aromatic N) is 2. The Bertz CT molecular complexity index is 1640. The molecular weight excluding hydrogens is 544 g/mol. The Balaban J connectivity index is 0.000000343. The first-order valence-electron chi connectivity index (χ1n) is 13.2. The van der Waals surface area contributed by atoms with E-state index in [1.54, 1.807) is 13.8 Å². The lowest BCUT2D eigenvalue weighted by Gasteiger charge is -2.08. The molecule has 2 N–H and O–H groups in total. The van der Waals surface area contributed by atoms with E-state index in [4.69, 9.17) is 4.99 Å². The molecule has 0 spiro atoms. The monoisotopic (exact) mass is 579 g/mol. The molecule has 0 heterocycles. The van der Waals surface area contributed by atoms with E-state index in [9.17, 15) is 13.0 Å². The summed E-state index contributed by atoms with van der Waals surface area (Å²) in [5.74, 6) is 0. The number of rotatable bonds is 8. The summed E-state index contributed by atoms with van der Waals surface area (Å²) in [6.07, 6.45) is 11.7. The fourth-order valence-corrected chi connectivity index (χ4v) is 4.27. The van der Waals surface area contributed by atoms with Gasteiger partial charge >= 0.3 is 0 Å². The number of nitrogens with one attached hydrogen (secondary N) is 2. The van der Waals surface area contributed by atoms with Gasteiger partial charge in [-0.05, 0) is 118 Å². The van der Waals surface area contributed by atoms with Crippen LogP contribution in [0.25, 0.3) is 0 Å². The van der Waals surface area contributed by atoms with Crippen molar-refractivity contribution in [2.24, 2.45) is 9.98 Å². The van der Waals surface area contributed by atoms with E-state index >= 15 is 0 Å². The molecule has 0 saturated carbocycles. The summed E-state index contributed by atoms with van der Waals surface area (Å²) >= 11 is 0. The second kappa shape index (κ2) is 15.3. The van der Waals surface area contributed by atoms with Crippen LogP contribution in [0.15, 0.2) is 142 Å². The zero-order valence-electron chi connectivity index (χ0n) is 24.2. The van der Waals surface area contributed by atoms with Gasteiger partial charge in [0.25, 0.3) is 0 Å². The highest BCUT2D eigenvalue weighted by Crippen LogP contribution is 2.22. The zero-order valence-corrected chi connectivity index (χ0v) is 25.0. The topological polar surface area (TPSA) is 106 Å². The summed E-state index contributed by atoms with van der Waals surface area (Å²) in [4.78, 5) is 9.08. The number of anilines is 3. The predicted molar refractivity (Wildman–Crippen MR) is 177 cm³/mol. The first-order valence-corrected chi connectivity index (χ1v) is 14.6. The van der Waals surface area contributed by atoms with Crippen LogP contribution in [0.3, 0.4) is 0 Å². The van der Waals surface area contributed by atoms with E-state index in [0.717, 1.165) is 45.4 Å². The van der Waals surface area contributed by atoms with Gasteiger partial charge < -0.3 is 15.2 Å². The highest BCUT2D eigenvalue weighted by atomic mass is 32.2. The van der Waals surface area contributed by atoms with Gasteiger partial charge in [-0.3, -0.25) is 0 Å². The largest absolute Gasteiger partial charge is 0.744 e. The van der Waals surface area contributed by atoms with Crippen LogP contribution in [0.5, 0.6) is 0 Å². The number of aliphatic imine (C=N–C) groups is 2. The van der Waals surface area contributed by atoms with Crippen molar-refractivity contribution >= 4 is 50.0 Å². The molecule has 0 radical (unpaired) electrons. The molecule has 0 atom stereocenters. The normalized spacial score (nSPS) is 12.5. The Morgan fingerprint density at radius 1 is 0.762 bits per heavy atom. The predicted octanol–water partition coefficient (Wildman–Crippen LogP) is 8.32. The maximum absolute atomic E-state index is 10.5. The van der Waals surface area contributed by atoms with E-state index in [0.29, 0.717) is 0 Å². The van der Waals surface area contributed by atoms with Gasteiger partial charge in [-0.25, -0.2) is 18.4 Å². The Morgan fingerprint density at radius 2 is 1.19 bits per heavy atom. The molecule has 1 aliphatic carbocycles. The van der Waals surface area contributed by atoms with Crippen molar-refractivity contribution in [2.45, 2.75) is 20.8 Å². The summed E-state index contributed by atoms with van der Waals surface area (Å²) in [5, 5.41) is 6.52. The van der Waals surface area contributed by atoms with Crippen molar-refractivity contribution in [3.8, 4) is 0 Å². The van der Waals surface area contributed by atoms with Gasteiger partial charge in [-0.1, -0.05) is 35.9 Å². The fourth-order valence-electron chi connectivity index (χ4n) is 3.63. The molecule has 0 aromatic heterocycles. The van der Waals surface area contributed by atoms with E-state index in [2.05, 4.69) is 41.3 Å². The first kappa shape index (κ1) is 31.7. The second-order valence-electron chi connectivity index (χ2n) is 9.56. The van der Waals surface area contributed by atoms with Crippen LogP contribution in [0.2, 0.25) is 0 Å². The van der Waals surface area contributed by atoms with Crippen molar-refractivity contribution < 1.29 is 13.0 Å². The molecular formula is C34H35N4O3S-. The third-order valence-electron chi connectivity index (χ3n) is 5.73. The second-order valence-corrected chi connectivity index (χ2v) is 10.9. The number of aryl methyl sites for hydroxylation is 1. The number of benzene rings is 3. The lowest BCUT2D eigenvalue weighted by Crippen LogP contribution is -1.99. The molecule has 0 fully saturated rings. The fraction of sp³-hybridized carbons (Fsp3) is 0.118. The van der Waals surface area contributed by atoms with Crippen LogP contribution in [0, 0.1) is 6.92 Å². The smallest absolute Gasteiger partial charge is 0.124 e. The minimum atomic E-state index is -4.36. The molecule has 0 unspecified atom stereocenters. The van der Waals surface area contributed by atoms with Crippen LogP contribution in [0.1, 0.15) is 19.4 Å². The van der Waals surface area contributed by atoms with Crippen molar-refractivity contribution in [3.05, 3.63) is 138 Å². The number of allylic oxidation sites excluding steroid dienone is 8. The van der Waals surface area contributed by atoms with Crippen molar-refractivity contribution in [1.29, 1.82) is 0 Å². The van der Waals surface area contributed by atoms with Gasteiger partial charge in [-0.2, -0.15) is 0 Å². The van der Waals surface area contributed by atoms with Crippen LogP contribution in [0.4, 0.5) is 28.4 Å². The van der Waals surface area contributed by atoms with Crippen molar-refractivity contribution in [3.63, 3.8) is 0 Å². The molecule has 4 rings (SSSR count). The minimum Gasteiger partial charge on any atom is -0.744 e. The Hall–Kier alpha value is -4.79. The van der Waals surface area contributed by atoms with Gasteiger partial charge in [0.05, 0.1) is 27.7 Å². The zero-order chi connectivity index (χ0) is 30.5. The minimum absolute atomic E-state index is 0.252. The van der Waals surface area contributed by atoms with Crippen LogP contribution < -0.4 is 10.6 Å². The summed E-state index contributed by atoms with van der Waals surface area (Å²) in [7, 11) is -2.44. The molecule has 0 aliphatic heterocycles. The molecule has 0 amide bonds. The molecule has 1 aliphatic rings. The molecule has 3 aromatic rings. The van der Waals surface area contributed by atoms with E-state index in [1.807, 2.05) is 92.0 Å². The molecule has 42 heavy (non-hydrogen) atoms. The molecule has 7 nitrogen and oxygen atoms in total. The summed E-state index contributed by atoms with van der Waals surface area (Å²) in [6, 6.07) is 24.5. The third kappa shape index (κ3) is 10.6. The number of hydrogen-bond acceptors (Lipinski definition) is 7. The van der Waals surface area contributed by atoms with Gasteiger partial charge in [0, 0.05) is 24.1 Å². The molecule has 8 heteroatoms. The average Bonchev–Trinajstić information content (AvgIpc) is 2.96. The van der Waals surface area contributed by atoms with Gasteiger partial charge in [0.1, 0.15) is 10.1 Å². The lowest BCUT2D eigenvalue weighted by molar-refractivity contribution is 0.471. The SMILES string of the molecule is C=C/C=C(\C=C(C)C)S(=O)(=O)[O-].CNc1ccc(Nc2ccc(N=C3C=CC(=Nc4ccc(C)cc4)C=C3)cc2)cc1. The standard InChI is InChI=1S/C26H24N4.C8H12O3S/c1-19-3-5-21(6-4-19)28-23-11-13-25(14-12-23)30-26-17-15-24(16-18-26)29-22-9-7-20(27-2)8-10-22;1-4-5-8(6-7(2)3)12(9,10)11/h3-18,27,29H,1-2H3;4-6H,1H2,2-3H3,(H,9,10,11)/p-1/b;8-5+. The highest BCUT2D eigenvalue weighted by molar-refractivity contribution is 7.89. The molecule has 3 aromatic carbocycles. The van der Waals surface area contributed by atoms with Crippen LogP contribution >= 0.6 is 0 Å². The molecule has 0 bridgehead atoms. The van der Waals surface area contributed by atoms with Gasteiger partial charge in [0.15, 0.2) is 0 Å². The summed E-state index contributed by atoms with van der Waals surface area (Å²) in [5.41, 5.74) is 8.84. The van der Waals surface area contributed by atoms with Crippen molar-refractivity contribution in [1.82, 2.24) is 0 Å². The third-order valence-corrected chi connectivity index (χ3v) is 6.56. The Labute approximate surface area is 248 Å². The summed E-state index contributed by atoms with van der Waals surface area (Å²) in [6.45, 7) is 8.81. The van der Waals surface area contributed by atoms with Gasteiger partial charge in [0.2, 0.25) is 0 Å². The Morgan fingerprint density at radius 3 is 1.60 bits per heavy atom. The van der Waals surface area contributed by atoms with E-state index in [1.165, 1.54) is 23.8 Å². The van der Waals surface area contributed by atoms with Crippen LogP contribution in [-0.2, 0) is 10.1 Å². The maximum atomic E-state index is 10.5. The maximum Gasteiger partial charge on any atom is 0.124 e. The lowest BCUT2D eigenvalue weighted by atomic mass is 10.1. The van der Waals surface area contributed by atoms with Crippen LogP contribution in [-0.4, -0.2) is 31.4 Å².